The third-order valence-electron chi connectivity index (χ3n) is 3.96. The minimum atomic E-state index is -0.336. The Hall–Kier alpha value is -1.26. The molecule has 0 bridgehead atoms. The zero-order valence-corrected chi connectivity index (χ0v) is 10.6. The van der Waals surface area contributed by atoms with Gasteiger partial charge in [0.2, 0.25) is 0 Å². The zero-order valence-electron chi connectivity index (χ0n) is 10.6. The molecular weight excluding hydrogens is 230 g/mol. The van der Waals surface area contributed by atoms with E-state index < -0.39 is 0 Å². The quantitative estimate of drug-likeness (QED) is 0.832. The van der Waals surface area contributed by atoms with Gasteiger partial charge in [0.15, 0.2) is 0 Å². The molecule has 2 N–H and O–H groups in total. The van der Waals surface area contributed by atoms with Crippen LogP contribution in [0.2, 0.25) is 0 Å². The van der Waals surface area contributed by atoms with Crippen molar-refractivity contribution in [2.45, 2.75) is 25.0 Å². The van der Waals surface area contributed by atoms with Gasteiger partial charge in [0.05, 0.1) is 25.9 Å². The van der Waals surface area contributed by atoms with Crippen LogP contribution in [-0.2, 0) is 11.2 Å². The van der Waals surface area contributed by atoms with E-state index in [4.69, 9.17) is 9.47 Å². The second-order valence-corrected chi connectivity index (χ2v) is 5.09. The number of methoxy groups -OCH3 is 1. The highest BCUT2D eigenvalue weighted by molar-refractivity contribution is 5.58. The molecular formula is C14H19NO3. The maximum atomic E-state index is 10.3. The number of benzene rings is 1. The van der Waals surface area contributed by atoms with Gasteiger partial charge in [0.25, 0.3) is 0 Å². The molecule has 0 saturated carbocycles. The molecule has 3 unspecified atom stereocenters. The van der Waals surface area contributed by atoms with Crippen LogP contribution in [-0.4, -0.2) is 37.6 Å². The van der Waals surface area contributed by atoms with E-state index in [1.54, 1.807) is 7.11 Å². The topological polar surface area (TPSA) is 50.7 Å². The number of hydrogen-bond acceptors (Lipinski definition) is 4. The van der Waals surface area contributed by atoms with Crippen LogP contribution in [0.3, 0.4) is 0 Å². The van der Waals surface area contributed by atoms with Gasteiger partial charge < -0.3 is 19.9 Å². The highest BCUT2D eigenvalue weighted by Crippen LogP contribution is 2.33. The van der Waals surface area contributed by atoms with Gasteiger partial charge in [-0.05, 0) is 18.1 Å². The van der Waals surface area contributed by atoms with Crippen LogP contribution in [0.5, 0.6) is 5.75 Å². The number of aliphatic hydroxyl groups excluding tert-OH is 1. The van der Waals surface area contributed by atoms with Crippen molar-refractivity contribution in [3.8, 4) is 5.75 Å². The van der Waals surface area contributed by atoms with E-state index in [0.717, 1.165) is 36.6 Å². The van der Waals surface area contributed by atoms with Crippen molar-refractivity contribution in [3.63, 3.8) is 0 Å². The van der Waals surface area contributed by atoms with Crippen LogP contribution in [0.15, 0.2) is 18.2 Å². The van der Waals surface area contributed by atoms with Crippen LogP contribution in [0, 0.1) is 5.92 Å². The molecule has 3 rings (SSSR count). The van der Waals surface area contributed by atoms with E-state index in [0.29, 0.717) is 12.3 Å². The second kappa shape index (κ2) is 4.78. The molecule has 4 nitrogen and oxygen atoms in total. The summed E-state index contributed by atoms with van der Waals surface area (Å²) in [6.45, 7) is 1.55. The van der Waals surface area contributed by atoms with Gasteiger partial charge in [-0.3, -0.25) is 0 Å². The Labute approximate surface area is 107 Å². The first kappa shape index (κ1) is 11.8. The normalized spacial score (nSPS) is 30.7. The third kappa shape index (κ3) is 2.06. The molecule has 1 aromatic carbocycles. The maximum absolute atomic E-state index is 10.3. The van der Waals surface area contributed by atoms with Crippen LogP contribution < -0.4 is 10.1 Å². The van der Waals surface area contributed by atoms with E-state index in [-0.39, 0.29) is 12.1 Å². The Kier molecular flexibility index (Phi) is 3.14. The van der Waals surface area contributed by atoms with Crippen molar-refractivity contribution in [3.05, 3.63) is 23.8 Å². The highest BCUT2D eigenvalue weighted by atomic mass is 16.5. The number of anilines is 1. The van der Waals surface area contributed by atoms with Crippen molar-refractivity contribution >= 4 is 5.69 Å². The fourth-order valence-electron chi connectivity index (χ4n) is 2.89. The molecule has 2 aliphatic heterocycles. The van der Waals surface area contributed by atoms with Gasteiger partial charge in [0.1, 0.15) is 5.75 Å². The van der Waals surface area contributed by atoms with Gasteiger partial charge in [-0.25, -0.2) is 0 Å². The summed E-state index contributed by atoms with van der Waals surface area (Å²) in [5.74, 6) is 1.25. The summed E-state index contributed by atoms with van der Waals surface area (Å²) in [7, 11) is 1.67. The summed E-state index contributed by atoms with van der Waals surface area (Å²) in [6, 6.07) is 6.05. The predicted octanol–water partition coefficient (Wildman–Crippen LogP) is 1.43. The molecule has 4 heteroatoms. The van der Waals surface area contributed by atoms with Gasteiger partial charge in [-0.2, -0.15) is 0 Å². The van der Waals surface area contributed by atoms with E-state index in [9.17, 15) is 5.11 Å². The average Bonchev–Trinajstić information content (AvgIpc) is 2.91. The number of ether oxygens (including phenoxy) is 2. The molecule has 1 aromatic rings. The molecule has 0 radical (unpaired) electrons. The number of fused-ring (bicyclic) bond motifs is 1. The fraction of sp³-hybridized carbons (Fsp3) is 0.571. The largest absolute Gasteiger partial charge is 0.497 e. The summed E-state index contributed by atoms with van der Waals surface area (Å²) in [4.78, 5) is 0. The monoisotopic (exact) mass is 249 g/mol. The van der Waals surface area contributed by atoms with E-state index >= 15 is 0 Å². The standard InChI is InChI=1S/C14H19NO3/c1-17-11-3-2-9-6-13(16)14(15-12(9)7-11)10-4-5-18-8-10/h2-3,7,10,13-16H,4-6,8H2,1H3. The van der Waals surface area contributed by atoms with E-state index in [1.807, 2.05) is 18.2 Å². The third-order valence-corrected chi connectivity index (χ3v) is 3.96. The number of rotatable bonds is 2. The summed E-state index contributed by atoms with van der Waals surface area (Å²) >= 11 is 0. The number of hydrogen-bond donors (Lipinski definition) is 2. The van der Waals surface area contributed by atoms with Crippen molar-refractivity contribution in [1.29, 1.82) is 0 Å². The number of nitrogens with one attached hydrogen (secondary N) is 1. The molecule has 0 amide bonds. The summed E-state index contributed by atoms with van der Waals surface area (Å²) in [5, 5.41) is 13.7. The maximum Gasteiger partial charge on any atom is 0.120 e. The van der Waals surface area contributed by atoms with Crippen molar-refractivity contribution in [2.75, 3.05) is 25.6 Å². The molecule has 0 spiro atoms. The summed E-state index contributed by atoms with van der Waals surface area (Å²) in [6.07, 6.45) is 1.39. The molecule has 0 aromatic heterocycles. The van der Waals surface area contributed by atoms with E-state index in [1.165, 1.54) is 0 Å². The first-order valence-electron chi connectivity index (χ1n) is 6.47. The molecule has 18 heavy (non-hydrogen) atoms. The number of aliphatic hydroxyl groups is 1. The summed E-state index contributed by atoms with van der Waals surface area (Å²) in [5.41, 5.74) is 2.23. The Morgan fingerprint density at radius 3 is 3.06 bits per heavy atom. The lowest BCUT2D eigenvalue weighted by Gasteiger charge is -2.35. The molecule has 3 atom stereocenters. The van der Waals surface area contributed by atoms with Gasteiger partial charge >= 0.3 is 0 Å². The Morgan fingerprint density at radius 2 is 2.33 bits per heavy atom. The second-order valence-electron chi connectivity index (χ2n) is 5.09. The van der Waals surface area contributed by atoms with Gasteiger partial charge in [-0.15, -0.1) is 0 Å². The Balaban J connectivity index is 1.84. The van der Waals surface area contributed by atoms with E-state index in [2.05, 4.69) is 5.32 Å². The molecule has 2 heterocycles. The lowest BCUT2D eigenvalue weighted by molar-refractivity contribution is 0.111. The van der Waals surface area contributed by atoms with Crippen LogP contribution in [0.25, 0.3) is 0 Å². The van der Waals surface area contributed by atoms with Gasteiger partial charge in [0, 0.05) is 30.7 Å². The molecule has 1 fully saturated rings. The van der Waals surface area contributed by atoms with Crippen LogP contribution >= 0.6 is 0 Å². The first-order chi connectivity index (χ1) is 8.78. The van der Waals surface area contributed by atoms with Crippen molar-refractivity contribution in [2.24, 2.45) is 5.92 Å². The summed E-state index contributed by atoms with van der Waals surface area (Å²) < 4.78 is 10.7. The average molecular weight is 249 g/mol. The first-order valence-corrected chi connectivity index (χ1v) is 6.47. The smallest absolute Gasteiger partial charge is 0.120 e. The zero-order chi connectivity index (χ0) is 12.5. The molecule has 1 saturated heterocycles. The predicted molar refractivity (Wildman–Crippen MR) is 69.0 cm³/mol. The molecule has 0 aliphatic carbocycles. The van der Waals surface area contributed by atoms with Crippen LogP contribution in [0.4, 0.5) is 5.69 Å². The SMILES string of the molecule is COc1ccc2c(c1)NC(C1CCOC1)C(O)C2. The van der Waals surface area contributed by atoms with Crippen molar-refractivity contribution in [1.82, 2.24) is 0 Å². The van der Waals surface area contributed by atoms with Crippen LogP contribution in [0.1, 0.15) is 12.0 Å². The highest BCUT2D eigenvalue weighted by Gasteiger charge is 2.34. The van der Waals surface area contributed by atoms with Gasteiger partial charge in [-0.1, -0.05) is 6.07 Å². The van der Waals surface area contributed by atoms with Crippen molar-refractivity contribution < 1.29 is 14.6 Å². The minimum Gasteiger partial charge on any atom is -0.497 e. The Morgan fingerprint density at radius 1 is 1.44 bits per heavy atom. The minimum absolute atomic E-state index is 0.0899. The Bertz CT molecular complexity index is 429. The molecule has 2 aliphatic rings. The fourth-order valence-corrected chi connectivity index (χ4v) is 2.89. The lowest BCUT2D eigenvalue weighted by Crippen LogP contribution is -2.44. The molecule has 98 valence electrons. The lowest BCUT2D eigenvalue weighted by atomic mass is 9.86.